The van der Waals surface area contributed by atoms with Crippen LogP contribution in [0.3, 0.4) is 0 Å². The highest BCUT2D eigenvalue weighted by molar-refractivity contribution is 5.97. The molecule has 0 saturated heterocycles. The molecule has 0 bridgehead atoms. The number of aromatic nitrogens is 2. The van der Waals surface area contributed by atoms with Gasteiger partial charge in [0.25, 0.3) is 0 Å². The van der Waals surface area contributed by atoms with Crippen molar-refractivity contribution in [3.8, 4) is 0 Å². The lowest BCUT2D eigenvalue weighted by atomic mass is 10.1. The van der Waals surface area contributed by atoms with Crippen LogP contribution in [0.5, 0.6) is 0 Å². The van der Waals surface area contributed by atoms with E-state index in [1.165, 1.54) is 6.33 Å². The monoisotopic (exact) mass is 308 g/mol. The van der Waals surface area contributed by atoms with Crippen molar-refractivity contribution in [2.24, 2.45) is 0 Å². The van der Waals surface area contributed by atoms with Gasteiger partial charge >= 0.3 is 5.97 Å². The smallest absolute Gasteiger partial charge is 0.335 e. The van der Waals surface area contributed by atoms with E-state index in [-0.39, 0.29) is 5.56 Å². The molecule has 23 heavy (non-hydrogen) atoms. The van der Waals surface area contributed by atoms with Crippen LogP contribution in [0.4, 0.5) is 17.2 Å². The summed E-state index contributed by atoms with van der Waals surface area (Å²) in [6.45, 7) is 0. The molecule has 0 radical (unpaired) electrons. The van der Waals surface area contributed by atoms with Gasteiger partial charge in [0.05, 0.1) is 11.1 Å². The molecule has 2 N–H and O–H groups in total. The van der Waals surface area contributed by atoms with Gasteiger partial charge in [0.1, 0.15) is 12.1 Å². The molecule has 1 aromatic heterocycles. The largest absolute Gasteiger partial charge is 0.478 e. The van der Waals surface area contributed by atoms with Crippen LogP contribution in [0.15, 0.2) is 48.8 Å². The highest BCUT2D eigenvalue weighted by Gasteiger charge is 2.08. The van der Waals surface area contributed by atoms with E-state index in [0.29, 0.717) is 11.3 Å². The third kappa shape index (κ3) is 3.06. The molecule has 0 saturated carbocycles. The van der Waals surface area contributed by atoms with Gasteiger partial charge in [0.2, 0.25) is 0 Å². The lowest BCUT2D eigenvalue weighted by Gasteiger charge is -2.13. The molecule has 1 heterocycles. The fourth-order valence-corrected chi connectivity index (χ4v) is 2.27. The first-order chi connectivity index (χ1) is 11.0. The lowest BCUT2D eigenvalue weighted by molar-refractivity contribution is 0.0697. The summed E-state index contributed by atoms with van der Waals surface area (Å²) in [7, 11) is 3.97. The van der Waals surface area contributed by atoms with Crippen molar-refractivity contribution in [1.29, 1.82) is 0 Å². The third-order valence-corrected chi connectivity index (χ3v) is 3.53. The van der Waals surface area contributed by atoms with E-state index in [2.05, 4.69) is 15.3 Å². The quantitative estimate of drug-likeness (QED) is 0.771. The second-order valence-corrected chi connectivity index (χ2v) is 5.33. The van der Waals surface area contributed by atoms with Crippen LogP contribution in [0.2, 0.25) is 0 Å². The van der Waals surface area contributed by atoms with Crippen LogP contribution < -0.4 is 10.2 Å². The molecule has 3 rings (SSSR count). The predicted molar refractivity (Wildman–Crippen MR) is 90.5 cm³/mol. The van der Waals surface area contributed by atoms with Crippen LogP contribution in [-0.4, -0.2) is 35.1 Å². The summed E-state index contributed by atoms with van der Waals surface area (Å²) in [5, 5.41) is 13.1. The molecule has 6 heteroatoms. The fourth-order valence-electron chi connectivity index (χ4n) is 2.27. The van der Waals surface area contributed by atoms with Gasteiger partial charge in [-0.1, -0.05) is 0 Å². The van der Waals surface area contributed by atoms with Gasteiger partial charge in [-0.25, -0.2) is 14.8 Å². The molecule has 0 fully saturated rings. The number of carboxylic acids is 1. The summed E-state index contributed by atoms with van der Waals surface area (Å²) in [5.41, 5.74) is 2.80. The molecule has 3 aromatic rings. The molecule has 6 nitrogen and oxygen atoms in total. The molecule has 2 aromatic carbocycles. The van der Waals surface area contributed by atoms with Crippen LogP contribution >= 0.6 is 0 Å². The minimum Gasteiger partial charge on any atom is -0.478 e. The van der Waals surface area contributed by atoms with Crippen molar-refractivity contribution < 1.29 is 9.90 Å². The first-order valence-electron chi connectivity index (χ1n) is 7.07. The number of carboxylic acid groups (broad SMARTS) is 1. The van der Waals surface area contributed by atoms with Crippen LogP contribution in [0, 0.1) is 0 Å². The number of hydrogen-bond donors (Lipinski definition) is 2. The van der Waals surface area contributed by atoms with Gasteiger partial charge in [0, 0.05) is 30.9 Å². The van der Waals surface area contributed by atoms with Gasteiger partial charge in [-0.05, 0) is 42.5 Å². The van der Waals surface area contributed by atoms with E-state index in [0.717, 1.165) is 16.8 Å². The summed E-state index contributed by atoms with van der Waals surface area (Å²) >= 11 is 0. The number of carbonyl (C=O) groups is 1. The van der Waals surface area contributed by atoms with E-state index in [9.17, 15) is 4.79 Å². The minimum atomic E-state index is -0.973. The van der Waals surface area contributed by atoms with Crippen molar-refractivity contribution in [2.75, 3.05) is 24.3 Å². The van der Waals surface area contributed by atoms with E-state index in [4.69, 9.17) is 5.11 Å². The lowest BCUT2D eigenvalue weighted by Crippen LogP contribution is -2.08. The van der Waals surface area contributed by atoms with Gasteiger partial charge in [-0.2, -0.15) is 0 Å². The zero-order valence-electron chi connectivity index (χ0n) is 12.8. The van der Waals surface area contributed by atoms with Crippen LogP contribution in [-0.2, 0) is 0 Å². The van der Waals surface area contributed by atoms with Crippen molar-refractivity contribution in [3.05, 3.63) is 54.4 Å². The number of aromatic carboxylic acids is 1. The molecule has 116 valence electrons. The number of fused-ring (bicyclic) bond motifs is 1. The number of benzene rings is 2. The number of nitrogens with zero attached hydrogens (tertiary/aromatic N) is 3. The topological polar surface area (TPSA) is 78.3 Å². The molecule has 0 aliphatic heterocycles. The zero-order valence-corrected chi connectivity index (χ0v) is 12.8. The summed E-state index contributed by atoms with van der Waals surface area (Å²) in [6, 6.07) is 12.8. The maximum Gasteiger partial charge on any atom is 0.335 e. The average molecular weight is 308 g/mol. The minimum absolute atomic E-state index is 0.206. The van der Waals surface area contributed by atoms with E-state index < -0.39 is 5.97 Å². The Bertz CT molecular complexity index is 860. The second kappa shape index (κ2) is 5.92. The van der Waals surface area contributed by atoms with Crippen molar-refractivity contribution in [1.82, 2.24) is 9.97 Å². The normalized spacial score (nSPS) is 10.5. The Morgan fingerprint density at radius 1 is 1.09 bits per heavy atom. The summed E-state index contributed by atoms with van der Waals surface area (Å²) in [6.07, 6.45) is 1.42. The standard InChI is InChI=1S/C17H16N4O2/c1-21(2)13-6-4-12(5-7-13)20-16-14-8-3-11(17(22)23)9-15(14)18-10-19-16/h3-10H,1-2H3,(H,22,23)(H,18,19,20). The molecule has 0 spiro atoms. The Labute approximate surface area is 133 Å². The molecular formula is C17H16N4O2. The van der Waals surface area contributed by atoms with Crippen molar-refractivity contribution in [2.45, 2.75) is 0 Å². The molecule has 0 aliphatic carbocycles. The van der Waals surface area contributed by atoms with Crippen LogP contribution in [0.25, 0.3) is 10.9 Å². The first kappa shape index (κ1) is 14.8. The van der Waals surface area contributed by atoms with Gasteiger partial charge in [-0.15, -0.1) is 0 Å². The second-order valence-electron chi connectivity index (χ2n) is 5.33. The number of hydrogen-bond acceptors (Lipinski definition) is 5. The zero-order chi connectivity index (χ0) is 16.4. The SMILES string of the molecule is CN(C)c1ccc(Nc2ncnc3cc(C(=O)O)ccc23)cc1. The van der Waals surface area contributed by atoms with E-state index in [1.54, 1.807) is 18.2 Å². The van der Waals surface area contributed by atoms with Crippen molar-refractivity contribution >= 4 is 34.1 Å². The summed E-state index contributed by atoms with van der Waals surface area (Å²) in [5.74, 6) is -0.330. The molecule has 0 atom stereocenters. The highest BCUT2D eigenvalue weighted by Crippen LogP contribution is 2.25. The number of nitrogens with one attached hydrogen (secondary N) is 1. The first-order valence-corrected chi connectivity index (χ1v) is 7.07. The Kier molecular flexibility index (Phi) is 3.80. The van der Waals surface area contributed by atoms with E-state index >= 15 is 0 Å². The average Bonchev–Trinajstić information content (AvgIpc) is 2.55. The maximum atomic E-state index is 11.0. The van der Waals surface area contributed by atoms with Crippen LogP contribution in [0.1, 0.15) is 10.4 Å². The highest BCUT2D eigenvalue weighted by atomic mass is 16.4. The Hall–Kier alpha value is -3.15. The Morgan fingerprint density at radius 3 is 2.48 bits per heavy atom. The number of anilines is 3. The molecule has 0 amide bonds. The predicted octanol–water partition coefficient (Wildman–Crippen LogP) is 3.14. The van der Waals surface area contributed by atoms with Gasteiger partial charge in [-0.3, -0.25) is 0 Å². The molecule has 0 aliphatic rings. The maximum absolute atomic E-state index is 11.0. The molecule has 0 unspecified atom stereocenters. The van der Waals surface area contributed by atoms with Crippen molar-refractivity contribution in [3.63, 3.8) is 0 Å². The fraction of sp³-hybridized carbons (Fsp3) is 0.118. The number of rotatable bonds is 4. The van der Waals surface area contributed by atoms with Gasteiger partial charge in [0.15, 0.2) is 0 Å². The third-order valence-electron chi connectivity index (χ3n) is 3.53. The Morgan fingerprint density at radius 2 is 1.83 bits per heavy atom. The van der Waals surface area contributed by atoms with Gasteiger partial charge < -0.3 is 15.3 Å². The summed E-state index contributed by atoms with van der Waals surface area (Å²) < 4.78 is 0. The van der Waals surface area contributed by atoms with E-state index in [1.807, 2.05) is 43.3 Å². The molecular weight excluding hydrogens is 292 g/mol. The Balaban J connectivity index is 1.95. The summed E-state index contributed by atoms with van der Waals surface area (Å²) in [4.78, 5) is 21.5.